The molecular formula is C26H24N2O4. The summed E-state index contributed by atoms with van der Waals surface area (Å²) in [5, 5.41) is 2.71. The molecule has 0 aliphatic heterocycles. The molecule has 6 nitrogen and oxygen atoms in total. The number of nitrogens with one attached hydrogen (secondary N) is 1. The van der Waals surface area contributed by atoms with Crippen molar-refractivity contribution in [3.63, 3.8) is 0 Å². The van der Waals surface area contributed by atoms with Crippen LogP contribution in [0, 0.1) is 0 Å². The Bertz CT molecular complexity index is 1140. The monoisotopic (exact) mass is 428 g/mol. The molecule has 0 aromatic heterocycles. The molecule has 0 heterocycles. The SMILES string of the molecule is COC(=O)c1cc(N)ccc1C=CCNC(=O)OCC1c2ccccc2-c2ccccc21. The van der Waals surface area contributed by atoms with Crippen molar-refractivity contribution in [3.05, 3.63) is 95.1 Å². The molecule has 162 valence electrons. The Kier molecular flexibility index (Phi) is 6.22. The van der Waals surface area contributed by atoms with E-state index in [1.165, 1.54) is 29.4 Å². The maximum atomic E-state index is 12.2. The third-order valence-corrected chi connectivity index (χ3v) is 5.49. The van der Waals surface area contributed by atoms with Crippen molar-refractivity contribution in [2.24, 2.45) is 0 Å². The fourth-order valence-electron chi connectivity index (χ4n) is 3.98. The second kappa shape index (κ2) is 9.39. The summed E-state index contributed by atoms with van der Waals surface area (Å²) in [6.07, 6.45) is 2.97. The molecule has 0 spiro atoms. The minimum absolute atomic E-state index is 0.0149. The minimum Gasteiger partial charge on any atom is -0.465 e. The molecule has 0 unspecified atom stereocenters. The van der Waals surface area contributed by atoms with E-state index in [4.69, 9.17) is 15.2 Å². The number of amides is 1. The zero-order valence-corrected chi connectivity index (χ0v) is 17.7. The van der Waals surface area contributed by atoms with Gasteiger partial charge < -0.3 is 20.5 Å². The predicted octanol–water partition coefficient (Wildman–Crippen LogP) is 4.61. The van der Waals surface area contributed by atoms with Crippen LogP contribution in [0.2, 0.25) is 0 Å². The topological polar surface area (TPSA) is 90.6 Å². The van der Waals surface area contributed by atoms with Gasteiger partial charge in [0.05, 0.1) is 12.7 Å². The van der Waals surface area contributed by atoms with Crippen LogP contribution >= 0.6 is 0 Å². The first-order chi connectivity index (χ1) is 15.6. The highest BCUT2D eigenvalue weighted by atomic mass is 16.5. The molecule has 3 aromatic carbocycles. The lowest BCUT2D eigenvalue weighted by molar-refractivity contribution is 0.0600. The van der Waals surface area contributed by atoms with Gasteiger partial charge in [-0.3, -0.25) is 0 Å². The van der Waals surface area contributed by atoms with Gasteiger partial charge in [-0.1, -0.05) is 66.7 Å². The first kappa shape index (κ1) is 21.2. The van der Waals surface area contributed by atoms with E-state index in [-0.39, 0.29) is 19.1 Å². The van der Waals surface area contributed by atoms with Crippen LogP contribution < -0.4 is 11.1 Å². The van der Waals surface area contributed by atoms with Crippen LogP contribution in [0.5, 0.6) is 0 Å². The van der Waals surface area contributed by atoms with Crippen molar-refractivity contribution >= 4 is 23.8 Å². The molecule has 1 aliphatic rings. The summed E-state index contributed by atoms with van der Waals surface area (Å²) in [6.45, 7) is 0.510. The number of carbonyl (C=O) groups excluding carboxylic acids is 2. The Balaban J connectivity index is 1.35. The second-order valence-electron chi connectivity index (χ2n) is 7.45. The van der Waals surface area contributed by atoms with Gasteiger partial charge in [0.2, 0.25) is 0 Å². The smallest absolute Gasteiger partial charge is 0.407 e. The Morgan fingerprint density at radius 1 is 1.00 bits per heavy atom. The maximum Gasteiger partial charge on any atom is 0.407 e. The highest BCUT2D eigenvalue weighted by Crippen LogP contribution is 2.44. The number of alkyl carbamates (subject to hydrolysis) is 1. The highest BCUT2D eigenvalue weighted by Gasteiger charge is 2.28. The first-order valence-electron chi connectivity index (χ1n) is 10.3. The normalized spacial score (nSPS) is 12.3. The van der Waals surface area contributed by atoms with E-state index in [9.17, 15) is 9.59 Å². The summed E-state index contributed by atoms with van der Waals surface area (Å²) >= 11 is 0. The summed E-state index contributed by atoms with van der Waals surface area (Å²) in [5.41, 5.74) is 11.9. The summed E-state index contributed by atoms with van der Waals surface area (Å²) in [5.74, 6) is -0.456. The van der Waals surface area contributed by atoms with Gasteiger partial charge in [-0.15, -0.1) is 0 Å². The number of nitrogen functional groups attached to an aromatic ring is 1. The van der Waals surface area contributed by atoms with Crippen molar-refractivity contribution in [3.8, 4) is 11.1 Å². The van der Waals surface area contributed by atoms with Gasteiger partial charge in [-0.2, -0.15) is 0 Å². The number of methoxy groups -OCH3 is 1. The van der Waals surface area contributed by atoms with E-state index in [1.54, 1.807) is 30.4 Å². The maximum absolute atomic E-state index is 12.2. The Morgan fingerprint density at radius 2 is 1.66 bits per heavy atom. The fraction of sp³-hybridized carbons (Fsp3) is 0.154. The Labute approximate surface area is 186 Å². The quantitative estimate of drug-likeness (QED) is 0.442. The number of ether oxygens (including phenoxy) is 2. The van der Waals surface area contributed by atoms with Crippen LogP contribution in [0.1, 0.15) is 33.0 Å². The zero-order chi connectivity index (χ0) is 22.5. The van der Waals surface area contributed by atoms with E-state index in [2.05, 4.69) is 29.6 Å². The Morgan fingerprint density at radius 3 is 2.31 bits per heavy atom. The summed E-state index contributed by atoms with van der Waals surface area (Å²) in [6, 6.07) is 21.4. The van der Waals surface area contributed by atoms with Crippen molar-refractivity contribution in [1.82, 2.24) is 5.32 Å². The van der Waals surface area contributed by atoms with Gasteiger partial charge in [0, 0.05) is 18.2 Å². The van der Waals surface area contributed by atoms with E-state index < -0.39 is 12.1 Å². The van der Waals surface area contributed by atoms with Gasteiger partial charge in [0.15, 0.2) is 0 Å². The van der Waals surface area contributed by atoms with Crippen LogP contribution in [0.25, 0.3) is 17.2 Å². The zero-order valence-electron chi connectivity index (χ0n) is 17.7. The molecule has 4 rings (SSSR count). The molecule has 1 aliphatic carbocycles. The predicted molar refractivity (Wildman–Crippen MR) is 124 cm³/mol. The molecule has 0 fully saturated rings. The first-order valence-corrected chi connectivity index (χ1v) is 10.3. The van der Waals surface area contributed by atoms with E-state index in [0.717, 1.165) is 0 Å². The van der Waals surface area contributed by atoms with Crippen molar-refractivity contribution in [2.45, 2.75) is 5.92 Å². The molecule has 3 N–H and O–H groups in total. The van der Waals surface area contributed by atoms with Gasteiger partial charge in [0.1, 0.15) is 6.61 Å². The molecule has 6 heteroatoms. The number of carbonyl (C=O) groups is 2. The number of esters is 1. The largest absolute Gasteiger partial charge is 0.465 e. The lowest BCUT2D eigenvalue weighted by Crippen LogP contribution is -2.26. The van der Waals surface area contributed by atoms with Crippen LogP contribution in [0.4, 0.5) is 10.5 Å². The third-order valence-electron chi connectivity index (χ3n) is 5.49. The van der Waals surface area contributed by atoms with Gasteiger partial charge in [-0.25, -0.2) is 9.59 Å². The number of benzene rings is 3. The highest BCUT2D eigenvalue weighted by molar-refractivity contribution is 5.94. The number of hydrogen-bond acceptors (Lipinski definition) is 5. The molecule has 1 amide bonds. The molecule has 0 saturated carbocycles. The number of hydrogen-bond donors (Lipinski definition) is 2. The molecule has 0 atom stereocenters. The molecule has 0 bridgehead atoms. The minimum atomic E-state index is -0.498. The van der Waals surface area contributed by atoms with Crippen molar-refractivity contribution < 1.29 is 19.1 Å². The molecule has 0 radical (unpaired) electrons. The summed E-state index contributed by atoms with van der Waals surface area (Å²) in [7, 11) is 1.32. The van der Waals surface area contributed by atoms with Gasteiger partial charge in [-0.05, 0) is 39.9 Å². The van der Waals surface area contributed by atoms with Crippen LogP contribution in [0.15, 0.2) is 72.8 Å². The van der Waals surface area contributed by atoms with Crippen LogP contribution in [-0.4, -0.2) is 32.3 Å². The lowest BCUT2D eigenvalue weighted by Gasteiger charge is -2.14. The van der Waals surface area contributed by atoms with Crippen molar-refractivity contribution in [2.75, 3.05) is 26.0 Å². The molecule has 3 aromatic rings. The standard InChI is InChI=1S/C26H24N2O4/c1-31-25(29)23-15-18(27)13-12-17(23)7-6-14-28-26(30)32-16-24-21-10-4-2-8-19(21)20-9-3-5-11-22(20)24/h2-13,15,24H,14,16,27H2,1H3,(H,28,30). The molecule has 0 saturated heterocycles. The number of anilines is 1. The average Bonchev–Trinajstić information content (AvgIpc) is 3.14. The van der Waals surface area contributed by atoms with E-state index in [0.29, 0.717) is 16.8 Å². The molecule has 32 heavy (non-hydrogen) atoms. The summed E-state index contributed by atoms with van der Waals surface area (Å²) < 4.78 is 10.3. The fourth-order valence-corrected chi connectivity index (χ4v) is 3.98. The number of rotatable bonds is 6. The summed E-state index contributed by atoms with van der Waals surface area (Å²) in [4.78, 5) is 24.2. The van der Waals surface area contributed by atoms with Crippen LogP contribution in [0.3, 0.4) is 0 Å². The van der Waals surface area contributed by atoms with E-state index in [1.807, 2.05) is 24.3 Å². The van der Waals surface area contributed by atoms with Gasteiger partial charge in [0.25, 0.3) is 0 Å². The van der Waals surface area contributed by atoms with E-state index >= 15 is 0 Å². The lowest BCUT2D eigenvalue weighted by atomic mass is 9.98. The van der Waals surface area contributed by atoms with Gasteiger partial charge >= 0.3 is 12.1 Å². The Hall–Kier alpha value is -4.06. The average molecular weight is 428 g/mol. The molecular weight excluding hydrogens is 404 g/mol. The third kappa shape index (κ3) is 4.34. The second-order valence-corrected chi connectivity index (χ2v) is 7.45. The van der Waals surface area contributed by atoms with Crippen LogP contribution in [-0.2, 0) is 9.47 Å². The van der Waals surface area contributed by atoms with Crippen molar-refractivity contribution in [1.29, 1.82) is 0 Å². The number of nitrogens with two attached hydrogens (primary N) is 1. The number of fused-ring (bicyclic) bond motifs is 3.